The third-order valence-corrected chi connectivity index (χ3v) is 6.12. The first-order chi connectivity index (χ1) is 10.2. The molecule has 0 saturated heterocycles. The van der Waals surface area contributed by atoms with Crippen LogP contribution in [0.25, 0.3) is 0 Å². The van der Waals surface area contributed by atoms with Crippen molar-refractivity contribution in [3.63, 3.8) is 0 Å². The van der Waals surface area contributed by atoms with Crippen LogP contribution in [0.15, 0.2) is 11.2 Å². The minimum Gasteiger partial charge on any atom is -0.373 e. The smallest absolute Gasteiger partial charge is 0.191 e. The Hall–Kier alpha value is -0.970. The van der Waals surface area contributed by atoms with Crippen LogP contribution in [-0.4, -0.2) is 28.8 Å². The molecule has 4 fully saturated rings. The zero-order valence-electron chi connectivity index (χ0n) is 12.9. The van der Waals surface area contributed by atoms with E-state index < -0.39 is 0 Å². The second-order valence-corrected chi connectivity index (χ2v) is 7.97. The Morgan fingerprint density at radius 2 is 1.62 bits per heavy atom. The molecule has 0 aliphatic heterocycles. The van der Waals surface area contributed by atoms with E-state index in [2.05, 4.69) is 26.7 Å². The quantitative estimate of drug-likeness (QED) is 0.657. The Bertz CT molecular complexity index is 488. The second kappa shape index (κ2) is 5.04. The number of anilines is 2. The van der Waals surface area contributed by atoms with Crippen molar-refractivity contribution in [3.05, 3.63) is 6.07 Å². The number of rotatable bonds is 4. The molecule has 4 nitrogen and oxygen atoms in total. The van der Waals surface area contributed by atoms with Crippen molar-refractivity contribution in [2.24, 2.45) is 17.8 Å². The molecule has 0 unspecified atom stereocenters. The van der Waals surface area contributed by atoms with Crippen molar-refractivity contribution < 1.29 is 0 Å². The molecule has 0 atom stereocenters. The predicted octanol–water partition coefficient (Wildman–Crippen LogP) is 3.62. The Morgan fingerprint density at radius 3 is 2.14 bits per heavy atom. The van der Waals surface area contributed by atoms with Crippen LogP contribution in [0.1, 0.15) is 38.5 Å². The van der Waals surface area contributed by atoms with E-state index in [9.17, 15) is 0 Å². The fourth-order valence-corrected chi connectivity index (χ4v) is 5.62. The minimum atomic E-state index is 0.309. The van der Waals surface area contributed by atoms with Crippen molar-refractivity contribution in [1.82, 2.24) is 9.97 Å². The van der Waals surface area contributed by atoms with Gasteiger partial charge in [0.15, 0.2) is 5.16 Å². The van der Waals surface area contributed by atoms with E-state index in [0.29, 0.717) is 5.54 Å². The molecule has 4 aliphatic rings. The van der Waals surface area contributed by atoms with E-state index in [0.717, 1.165) is 34.5 Å². The van der Waals surface area contributed by atoms with Gasteiger partial charge in [-0.3, -0.25) is 0 Å². The average Bonchev–Trinajstić information content (AvgIpc) is 2.44. The van der Waals surface area contributed by atoms with E-state index in [1.54, 1.807) is 11.8 Å². The van der Waals surface area contributed by atoms with Crippen molar-refractivity contribution in [1.29, 1.82) is 0 Å². The minimum absolute atomic E-state index is 0.309. The molecule has 4 saturated carbocycles. The molecule has 4 bridgehead atoms. The summed E-state index contributed by atoms with van der Waals surface area (Å²) < 4.78 is 0. The van der Waals surface area contributed by atoms with Gasteiger partial charge in [0.05, 0.1) is 0 Å². The maximum Gasteiger partial charge on any atom is 0.191 e. The highest BCUT2D eigenvalue weighted by atomic mass is 32.2. The maximum absolute atomic E-state index is 4.68. The van der Waals surface area contributed by atoms with E-state index >= 15 is 0 Å². The standard InChI is InChI=1S/C16H24N4S/c1-17-13-6-14(19-15(18-13)21-2)20-16-7-10-3-11(8-16)5-12(4-10)9-16/h6,10-12H,3-5,7-9H2,1-2H3,(H2,17,18,19,20). The number of nitrogens with zero attached hydrogens (tertiary/aromatic N) is 2. The first-order valence-electron chi connectivity index (χ1n) is 8.07. The lowest BCUT2D eigenvalue weighted by molar-refractivity contribution is 0.0105. The highest BCUT2D eigenvalue weighted by molar-refractivity contribution is 7.98. The molecule has 4 aliphatic carbocycles. The fraction of sp³-hybridized carbons (Fsp3) is 0.750. The van der Waals surface area contributed by atoms with Crippen LogP contribution in [0, 0.1) is 17.8 Å². The summed E-state index contributed by atoms with van der Waals surface area (Å²) >= 11 is 1.60. The lowest BCUT2D eigenvalue weighted by atomic mass is 9.53. The number of thioether (sulfide) groups is 1. The van der Waals surface area contributed by atoms with E-state index in [4.69, 9.17) is 0 Å². The topological polar surface area (TPSA) is 49.8 Å². The second-order valence-electron chi connectivity index (χ2n) is 7.20. The van der Waals surface area contributed by atoms with Gasteiger partial charge in [-0.25, -0.2) is 9.97 Å². The van der Waals surface area contributed by atoms with E-state index in [1.165, 1.54) is 38.5 Å². The molecule has 0 radical (unpaired) electrons. The van der Waals surface area contributed by atoms with Crippen molar-refractivity contribution in [2.45, 2.75) is 49.2 Å². The summed E-state index contributed by atoms with van der Waals surface area (Å²) in [6.45, 7) is 0. The SMILES string of the molecule is CNc1cc(NC23CC4CC(CC(C4)C2)C3)nc(SC)n1. The van der Waals surface area contributed by atoms with Gasteiger partial charge in [0.1, 0.15) is 11.6 Å². The van der Waals surface area contributed by atoms with Gasteiger partial charge in [-0.15, -0.1) is 0 Å². The fourth-order valence-electron chi connectivity index (χ4n) is 5.24. The summed E-state index contributed by atoms with van der Waals surface area (Å²) in [7, 11) is 1.92. The Balaban J connectivity index is 1.61. The number of hydrogen-bond acceptors (Lipinski definition) is 5. The average molecular weight is 304 g/mol. The highest BCUT2D eigenvalue weighted by Gasteiger charge is 2.51. The van der Waals surface area contributed by atoms with Crippen LogP contribution in [0.4, 0.5) is 11.6 Å². The monoisotopic (exact) mass is 304 g/mol. The Kier molecular flexibility index (Phi) is 3.28. The van der Waals surface area contributed by atoms with Gasteiger partial charge in [0.25, 0.3) is 0 Å². The van der Waals surface area contributed by atoms with Crippen LogP contribution in [-0.2, 0) is 0 Å². The Morgan fingerprint density at radius 1 is 1.05 bits per heavy atom. The molecule has 1 aromatic rings. The Labute approximate surface area is 130 Å². The summed E-state index contributed by atoms with van der Waals surface area (Å²) in [5.74, 6) is 4.76. The lowest BCUT2D eigenvalue weighted by Gasteiger charge is -2.57. The van der Waals surface area contributed by atoms with Crippen LogP contribution in [0.3, 0.4) is 0 Å². The normalized spacial score (nSPS) is 36.8. The van der Waals surface area contributed by atoms with Gasteiger partial charge in [-0.1, -0.05) is 11.8 Å². The molecule has 0 spiro atoms. The van der Waals surface area contributed by atoms with Crippen LogP contribution in [0.5, 0.6) is 0 Å². The number of aromatic nitrogens is 2. The van der Waals surface area contributed by atoms with Crippen LogP contribution < -0.4 is 10.6 Å². The molecule has 0 aromatic carbocycles. The molecule has 1 heterocycles. The third kappa shape index (κ3) is 2.50. The molecule has 114 valence electrons. The lowest BCUT2D eigenvalue weighted by Crippen LogP contribution is -2.54. The van der Waals surface area contributed by atoms with Gasteiger partial charge < -0.3 is 10.6 Å². The third-order valence-electron chi connectivity index (χ3n) is 5.58. The van der Waals surface area contributed by atoms with Crippen molar-refractivity contribution in [2.75, 3.05) is 23.9 Å². The zero-order valence-corrected chi connectivity index (χ0v) is 13.7. The summed E-state index contributed by atoms with van der Waals surface area (Å²) in [5, 5.41) is 7.82. The number of hydrogen-bond donors (Lipinski definition) is 2. The van der Waals surface area contributed by atoms with Crippen molar-refractivity contribution >= 4 is 23.4 Å². The van der Waals surface area contributed by atoms with Gasteiger partial charge in [0.2, 0.25) is 0 Å². The molecule has 0 amide bonds. The first kappa shape index (κ1) is 13.7. The summed E-state index contributed by atoms with van der Waals surface area (Å²) in [4.78, 5) is 9.14. The molecule has 5 heteroatoms. The molecule has 21 heavy (non-hydrogen) atoms. The van der Waals surface area contributed by atoms with Gasteiger partial charge in [0, 0.05) is 18.7 Å². The zero-order chi connectivity index (χ0) is 14.4. The van der Waals surface area contributed by atoms with E-state index in [1.807, 2.05) is 13.3 Å². The highest BCUT2D eigenvalue weighted by Crippen LogP contribution is 2.56. The molecule has 5 rings (SSSR count). The van der Waals surface area contributed by atoms with Gasteiger partial charge in [-0.05, 0) is 62.5 Å². The molecular formula is C16H24N4S. The van der Waals surface area contributed by atoms with Gasteiger partial charge >= 0.3 is 0 Å². The number of nitrogens with one attached hydrogen (secondary N) is 2. The molecular weight excluding hydrogens is 280 g/mol. The largest absolute Gasteiger partial charge is 0.373 e. The van der Waals surface area contributed by atoms with Crippen molar-refractivity contribution in [3.8, 4) is 0 Å². The van der Waals surface area contributed by atoms with Crippen LogP contribution in [0.2, 0.25) is 0 Å². The maximum atomic E-state index is 4.68. The molecule has 2 N–H and O–H groups in total. The summed E-state index contributed by atoms with van der Waals surface area (Å²) in [5.41, 5.74) is 0.309. The van der Waals surface area contributed by atoms with Gasteiger partial charge in [-0.2, -0.15) is 0 Å². The first-order valence-corrected chi connectivity index (χ1v) is 9.29. The summed E-state index contributed by atoms with van der Waals surface area (Å²) in [6.07, 6.45) is 10.5. The molecule has 1 aromatic heterocycles. The summed E-state index contributed by atoms with van der Waals surface area (Å²) in [6, 6.07) is 2.05. The van der Waals surface area contributed by atoms with E-state index in [-0.39, 0.29) is 0 Å². The van der Waals surface area contributed by atoms with Crippen LogP contribution >= 0.6 is 11.8 Å². The predicted molar refractivity (Wildman–Crippen MR) is 87.9 cm³/mol.